The largest absolute Gasteiger partial charge is 0.383 e. The van der Waals surface area contributed by atoms with Crippen molar-refractivity contribution in [1.82, 2.24) is 19.7 Å². The van der Waals surface area contributed by atoms with E-state index in [1.54, 1.807) is 11.7 Å². The van der Waals surface area contributed by atoms with Gasteiger partial charge in [0.1, 0.15) is 4.70 Å². The summed E-state index contributed by atoms with van der Waals surface area (Å²) in [5.74, 6) is 1.47. The fourth-order valence-corrected chi connectivity index (χ4v) is 4.43. The minimum absolute atomic E-state index is 0.0503. The molecular weight excluding hydrogens is 396 g/mol. The summed E-state index contributed by atoms with van der Waals surface area (Å²) in [6.07, 6.45) is 0. The molecule has 0 bridgehead atoms. The Kier molecular flexibility index (Phi) is 5.56. The van der Waals surface area contributed by atoms with Gasteiger partial charge in [0.05, 0.1) is 24.4 Å². The molecule has 0 saturated heterocycles. The number of thiophene rings is 1. The van der Waals surface area contributed by atoms with Crippen molar-refractivity contribution in [3.8, 4) is 11.4 Å². The van der Waals surface area contributed by atoms with Crippen molar-refractivity contribution < 1.29 is 9.26 Å². The second-order valence-corrected chi connectivity index (χ2v) is 7.95. The fraction of sp³-hybridized carbons (Fsp3) is 0.263. The summed E-state index contributed by atoms with van der Waals surface area (Å²) in [4.78, 5) is 21.9. The van der Waals surface area contributed by atoms with E-state index < -0.39 is 0 Å². The number of methoxy groups -OCH3 is 1. The van der Waals surface area contributed by atoms with Crippen molar-refractivity contribution in [2.75, 3.05) is 13.7 Å². The summed E-state index contributed by atoms with van der Waals surface area (Å²) < 4.78 is 12.8. The molecular formula is C19H18N4O3S2. The number of fused-ring (bicyclic) bond motifs is 1. The van der Waals surface area contributed by atoms with Crippen LogP contribution in [0.15, 0.2) is 50.2 Å². The van der Waals surface area contributed by atoms with E-state index in [-0.39, 0.29) is 5.56 Å². The third-order valence-electron chi connectivity index (χ3n) is 4.23. The molecule has 0 radical (unpaired) electrons. The average molecular weight is 415 g/mol. The molecule has 28 heavy (non-hydrogen) atoms. The highest BCUT2D eigenvalue weighted by molar-refractivity contribution is 7.98. The predicted octanol–water partition coefficient (Wildman–Crippen LogP) is 3.76. The first-order valence-corrected chi connectivity index (χ1v) is 10.5. The van der Waals surface area contributed by atoms with Gasteiger partial charge < -0.3 is 9.26 Å². The first-order valence-electron chi connectivity index (χ1n) is 8.65. The first-order chi connectivity index (χ1) is 13.7. The topological polar surface area (TPSA) is 83.0 Å². The Morgan fingerprint density at radius 1 is 1.25 bits per heavy atom. The van der Waals surface area contributed by atoms with E-state index in [1.807, 2.05) is 42.6 Å². The van der Waals surface area contributed by atoms with Crippen LogP contribution in [-0.2, 0) is 17.0 Å². The first kappa shape index (κ1) is 18.9. The highest BCUT2D eigenvalue weighted by Crippen LogP contribution is 2.25. The number of hydrogen-bond donors (Lipinski definition) is 0. The van der Waals surface area contributed by atoms with Crippen LogP contribution in [0.1, 0.15) is 11.5 Å². The van der Waals surface area contributed by atoms with Gasteiger partial charge >= 0.3 is 0 Å². The molecule has 4 aromatic rings. The van der Waals surface area contributed by atoms with Crippen LogP contribution in [-0.4, -0.2) is 33.4 Å². The minimum atomic E-state index is -0.0503. The standard InChI is InChI=1S/C19H18N4O3S2/c1-12-5-3-4-6-13(12)17-21-15(26-22-17)11-28-19-20-14-7-10-27-16(14)18(24)23(19)8-9-25-2/h3-7,10H,8-9,11H2,1-2H3. The Hall–Kier alpha value is -2.49. The van der Waals surface area contributed by atoms with E-state index >= 15 is 0 Å². The smallest absolute Gasteiger partial charge is 0.272 e. The van der Waals surface area contributed by atoms with Crippen molar-refractivity contribution in [2.45, 2.75) is 24.4 Å². The molecule has 0 aliphatic carbocycles. The molecule has 144 valence electrons. The number of nitrogens with zero attached hydrogens (tertiary/aromatic N) is 4. The summed E-state index contributed by atoms with van der Waals surface area (Å²) in [6, 6.07) is 9.75. The molecule has 0 fully saturated rings. The molecule has 0 atom stereocenters. The van der Waals surface area contributed by atoms with Crippen molar-refractivity contribution in [2.24, 2.45) is 0 Å². The quantitative estimate of drug-likeness (QED) is 0.336. The van der Waals surface area contributed by atoms with Crippen LogP contribution in [0.25, 0.3) is 21.6 Å². The fourth-order valence-electron chi connectivity index (χ4n) is 2.79. The molecule has 9 heteroatoms. The Labute approximate surface area is 169 Å². The van der Waals surface area contributed by atoms with Gasteiger partial charge in [-0.1, -0.05) is 41.2 Å². The Bertz CT molecular complexity index is 1170. The van der Waals surface area contributed by atoms with Crippen LogP contribution in [0.5, 0.6) is 0 Å². The number of rotatable bonds is 7. The molecule has 0 aliphatic heterocycles. The van der Waals surface area contributed by atoms with Gasteiger partial charge in [-0.05, 0) is 23.9 Å². The minimum Gasteiger partial charge on any atom is -0.383 e. The van der Waals surface area contributed by atoms with Crippen molar-refractivity contribution in [1.29, 1.82) is 0 Å². The summed E-state index contributed by atoms with van der Waals surface area (Å²) >= 11 is 2.80. The molecule has 1 aromatic carbocycles. The number of aryl methyl sites for hydroxylation is 1. The number of aromatic nitrogens is 4. The van der Waals surface area contributed by atoms with E-state index in [9.17, 15) is 4.79 Å². The Morgan fingerprint density at radius 3 is 2.93 bits per heavy atom. The Morgan fingerprint density at radius 2 is 2.11 bits per heavy atom. The number of benzene rings is 1. The van der Waals surface area contributed by atoms with Gasteiger partial charge in [0.25, 0.3) is 5.56 Å². The highest BCUT2D eigenvalue weighted by Gasteiger charge is 2.15. The summed E-state index contributed by atoms with van der Waals surface area (Å²) in [5, 5.41) is 6.57. The molecule has 0 spiro atoms. The molecule has 0 unspecified atom stereocenters. The van der Waals surface area contributed by atoms with Gasteiger partial charge in [-0.25, -0.2) is 4.98 Å². The third kappa shape index (κ3) is 3.73. The number of thioether (sulfide) groups is 1. The van der Waals surface area contributed by atoms with E-state index in [0.29, 0.717) is 46.0 Å². The maximum Gasteiger partial charge on any atom is 0.272 e. The molecule has 0 saturated carbocycles. The predicted molar refractivity (Wildman–Crippen MR) is 110 cm³/mol. The maximum absolute atomic E-state index is 12.8. The second kappa shape index (κ2) is 8.26. The molecule has 0 aliphatic rings. The van der Waals surface area contributed by atoms with Crippen LogP contribution in [0, 0.1) is 6.92 Å². The molecule has 0 amide bonds. The van der Waals surface area contributed by atoms with E-state index in [2.05, 4.69) is 15.1 Å². The van der Waals surface area contributed by atoms with Crippen LogP contribution in [0.4, 0.5) is 0 Å². The van der Waals surface area contributed by atoms with Crippen LogP contribution >= 0.6 is 23.1 Å². The van der Waals surface area contributed by atoms with E-state index in [4.69, 9.17) is 9.26 Å². The van der Waals surface area contributed by atoms with Gasteiger partial charge in [0.2, 0.25) is 11.7 Å². The lowest BCUT2D eigenvalue weighted by atomic mass is 10.1. The normalized spacial score (nSPS) is 11.4. The van der Waals surface area contributed by atoms with Crippen molar-refractivity contribution in [3.05, 3.63) is 57.5 Å². The molecule has 7 nitrogen and oxygen atoms in total. The second-order valence-electron chi connectivity index (χ2n) is 6.09. The lowest BCUT2D eigenvalue weighted by Gasteiger charge is -2.10. The van der Waals surface area contributed by atoms with Gasteiger partial charge in [-0.15, -0.1) is 11.3 Å². The monoisotopic (exact) mass is 414 g/mol. The molecule has 3 heterocycles. The van der Waals surface area contributed by atoms with Crippen LogP contribution in [0.3, 0.4) is 0 Å². The van der Waals surface area contributed by atoms with Crippen LogP contribution < -0.4 is 5.56 Å². The van der Waals surface area contributed by atoms with Gasteiger partial charge in [0.15, 0.2) is 5.16 Å². The number of hydrogen-bond acceptors (Lipinski definition) is 8. The van der Waals surface area contributed by atoms with Crippen LogP contribution in [0.2, 0.25) is 0 Å². The third-order valence-corrected chi connectivity index (χ3v) is 6.08. The van der Waals surface area contributed by atoms with Gasteiger partial charge in [-0.3, -0.25) is 9.36 Å². The zero-order valence-corrected chi connectivity index (χ0v) is 17.0. The molecule has 3 aromatic heterocycles. The zero-order valence-electron chi connectivity index (χ0n) is 15.4. The molecule has 0 N–H and O–H groups in total. The summed E-state index contributed by atoms with van der Waals surface area (Å²) in [7, 11) is 1.61. The molecule has 4 rings (SSSR count). The average Bonchev–Trinajstić information content (AvgIpc) is 3.36. The summed E-state index contributed by atoms with van der Waals surface area (Å²) in [6.45, 7) is 2.88. The van der Waals surface area contributed by atoms with Crippen molar-refractivity contribution >= 4 is 33.3 Å². The number of ether oxygens (including phenoxy) is 1. The lowest BCUT2D eigenvalue weighted by Crippen LogP contribution is -2.24. The SMILES string of the molecule is COCCn1c(SCc2nc(-c3ccccc3C)no2)nc2ccsc2c1=O. The Balaban J connectivity index is 1.59. The zero-order chi connectivity index (χ0) is 19.5. The lowest BCUT2D eigenvalue weighted by molar-refractivity contribution is 0.183. The maximum atomic E-state index is 12.8. The van der Waals surface area contributed by atoms with E-state index in [1.165, 1.54) is 23.1 Å². The van der Waals surface area contributed by atoms with Gasteiger partial charge in [0, 0.05) is 12.7 Å². The highest BCUT2D eigenvalue weighted by atomic mass is 32.2. The van der Waals surface area contributed by atoms with Crippen molar-refractivity contribution in [3.63, 3.8) is 0 Å². The summed E-state index contributed by atoms with van der Waals surface area (Å²) in [5.41, 5.74) is 2.68. The van der Waals surface area contributed by atoms with Gasteiger partial charge in [-0.2, -0.15) is 4.98 Å². The van der Waals surface area contributed by atoms with E-state index in [0.717, 1.165) is 11.1 Å².